The molecule has 0 radical (unpaired) electrons. The van der Waals surface area contributed by atoms with E-state index in [1.165, 1.54) is 21.2 Å². The molecule has 4 rings (SSSR count). The van der Waals surface area contributed by atoms with E-state index in [4.69, 9.17) is 11.5 Å². The summed E-state index contributed by atoms with van der Waals surface area (Å²) in [4.78, 5) is 9.47. The number of benzene rings is 2. The highest BCUT2D eigenvalue weighted by molar-refractivity contribution is 7.22. The number of aromatic nitrogens is 2. The van der Waals surface area contributed by atoms with Gasteiger partial charge in [-0.3, -0.25) is 0 Å². The lowest BCUT2D eigenvalue weighted by molar-refractivity contribution is 0.872. The number of thiophene rings is 1. The molecule has 4 aromatic rings. The number of nitrogen functional groups attached to an aromatic ring is 1. The van der Waals surface area contributed by atoms with Crippen LogP contribution in [0, 0.1) is 13.8 Å². The molecule has 1 unspecified atom stereocenters. The number of nitrogens with two attached hydrogens (primary N) is 2. The summed E-state index contributed by atoms with van der Waals surface area (Å²) in [5.41, 5.74) is 17.8. The molecule has 2 heterocycles. The zero-order chi connectivity index (χ0) is 18.3. The lowest BCUT2D eigenvalue weighted by Gasteiger charge is -2.13. The van der Waals surface area contributed by atoms with Crippen molar-refractivity contribution in [2.45, 2.75) is 19.9 Å². The van der Waals surface area contributed by atoms with Crippen molar-refractivity contribution in [3.63, 3.8) is 0 Å². The van der Waals surface area contributed by atoms with Crippen LogP contribution in [0.25, 0.3) is 20.7 Å². The molecule has 0 aliphatic heterocycles. The summed E-state index contributed by atoms with van der Waals surface area (Å²) in [7, 11) is 0. The summed E-state index contributed by atoms with van der Waals surface area (Å²) in [5, 5.41) is 1.21. The van der Waals surface area contributed by atoms with E-state index >= 15 is 0 Å². The topological polar surface area (TPSA) is 77.8 Å². The van der Waals surface area contributed by atoms with Crippen LogP contribution >= 0.6 is 11.3 Å². The van der Waals surface area contributed by atoms with Crippen molar-refractivity contribution >= 4 is 27.4 Å². The third-order valence-electron chi connectivity index (χ3n) is 4.63. The summed E-state index contributed by atoms with van der Waals surface area (Å²) in [6.45, 7) is 4.20. The fourth-order valence-electron chi connectivity index (χ4n) is 3.23. The number of hydrogen-bond donors (Lipinski definition) is 2. The average Bonchev–Trinajstić information content (AvgIpc) is 2.97. The Balaban J connectivity index is 1.79. The number of hydrogen-bond acceptors (Lipinski definition) is 5. The third-order valence-corrected chi connectivity index (χ3v) is 5.92. The fourth-order valence-corrected chi connectivity index (χ4v) is 4.39. The zero-order valence-electron chi connectivity index (χ0n) is 14.7. The first-order valence-corrected chi connectivity index (χ1v) is 9.28. The molecule has 0 saturated heterocycles. The van der Waals surface area contributed by atoms with Gasteiger partial charge in [0.25, 0.3) is 0 Å². The lowest BCUT2D eigenvalue weighted by Crippen LogP contribution is -2.11. The van der Waals surface area contributed by atoms with Gasteiger partial charge >= 0.3 is 0 Å². The molecule has 2 aromatic heterocycles. The van der Waals surface area contributed by atoms with Crippen LogP contribution in [0.2, 0.25) is 0 Å². The molecule has 130 valence electrons. The molecule has 1 atom stereocenters. The summed E-state index contributed by atoms with van der Waals surface area (Å²) < 4.78 is 1.22. The van der Waals surface area contributed by atoms with E-state index in [1.807, 2.05) is 6.07 Å². The summed E-state index contributed by atoms with van der Waals surface area (Å²) in [6.07, 6.45) is 1.70. The largest absolute Gasteiger partial charge is 0.368 e. The monoisotopic (exact) mass is 360 g/mol. The molecule has 0 aliphatic rings. The van der Waals surface area contributed by atoms with Crippen LogP contribution in [0.15, 0.2) is 54.7 Å². The zero-order valence-corrected chi connectivity index (χ0v) is 15.5. The van der Waals surface area contributed by atoms with Crippen molar-refractivity contribution in [1.29, 1.82) is 0 Å². The Labute approximate surface area is 156 Å². The lowest BCUT2D eigenvalue weighted by atomic mass is 9.96. The first-order valence-electron chi connectivity index (χ1n) is 8.47. The maximum atomic E-state index is 6.53. The van der Waals surface area contributed by atoms with Crippen LogP contribution in [0.5, 0.6) is 0 Å². The average molecular weight is 360 g/mol. The van der Waals surface area contributed by atoms with Crippen molar-refractivity contribution in [2.24, 2.45) is 5.73 Å². The van der Waals surface area contributed by atoms with E-state index in [9.17, 15) is 0 Å². The highest BCUT2D eigenvalue weighted by Crippen LogP contribution is 2.38. The van der Waals surface area contributed by atoms with Crippen molar-refractivity contribution in [3.8, 4) is 10.6 Å². The molecule has 0 bridgehead atoms. The minimum absolute atomic E-state index is 0.142. The van der Waals surface area contributed by atoms with Gasteiger partial charge in [0.15, 0.2) is 0 Å². The van der Waals surface area contributed by atoms with Crippen LogP contribution in [-0.4, -0.2) is 9.97 Å². The van der Waals surface area contributed by atoms with Crippen LogP contribution < -0.4 is 11.5 Å². The molecule has 4 N–H and O–H groups in total. The Hall–Kier alpha value is -2.76. The molecule has 0 aliphatic carbocycles. The number of anilines is 1. The standard InChI is InChI=1S/C21H20N4S/c1-12-4-3-5-14(10-12)19(22)15-6-7-18-16(11-15)13(2)20(26-18)17-8-9-24-21(23)25-17/h3-11,19H,22H2,1-2H3,(H2,23,24,25). The number of rotatable bonds is 3. The SMILES string of the molecule is Cc1cccc(C(N)c2ccc3sc(-c4ccnc(N)n4)c(C)c3c2)c1. The van der Waals surface area contributed by atoms with Gasteiger partial charge in [0.2, 0.25) is 5.95 Å². The Kier molecular flexibility index (Phi) is 4.18. The molecule has 0 spiro atoms. The van der Waals surface area contributed by atoms with Gasteiger partial charge < -0.3 is 11.5 Å². The van der Waals surface area contributed by atoms with E-state index in [0.717, 1.165) is 21.7 Å². The van der Waals surface area contributed by atoms with Gasteiger partial charge in [0.1, 0.15) is 0 Å². The summed E-state index contributed by atoms with van der Waals surface area (Å²) >= 11 is 1.72. The van der Waals surface area contributed by atoms with Gasteiger partial charge in [-0.15, -0.1) is 11.3 Å². The molecule has 0 fully saturated rings. The Morgan fingerprint density at radius 3 is 2.58 bits per heavy atom. The minimum Gasteiger partial charge on any atom is -0.368 e. The van der Waals surface area contributed by atoms with Crippen molar-refractivity contribution in [2.75, 3.05) is 5.73 Å². The van der Waals surface area contributed by atoms with Crippen molar-refractivity contribution in [1.82, 2.24) is 9.97 Å². The molecular weight excluding hydrogens is 340 g/mol. The summed E-state index contributed by atoms with van der Waals surface area (Å²) in [5.74, 6) is 0.293. The molecule has 5 heteroatoms. The number of aryl methyl sites for hydroxylation is 2. The first kappa shape index (κ1) is 16.7. The summed E-state index contributed by atoms with van der Waals surface area (Å²) in [6, 6.07) is 16.6. The van der Waals surface area contributed by atoms with Crippen LogP contribution in [0.3, 0.4) is 0 Å². The Morgan fingerprint density at radius 1 is 1.00 bits per heavy atom. The van der Waals surface area contributed by atoms with Crippen molar-refractivity contribution < 1.29 is 0 Å². The number of fused-ring (bicyclic) bond motifs is 1. The maximum absolute atomic E-state index is 6.53. The van der Waals surface area contributed by atoms with Gasteiger partial charge in [-0.25, -0.2) is 9.97 Å². The molecule has 2 aromatic carbocycles. The van der Waals surface area contributed by atoms with Crippen LogP contribution in [-0.2, 0) is 0 Å². The molecule has 0 amide bonds. The van der Waals surface area contributed by atoms with Gasteiger partial charge in [-0.05, 0) is 54.1 Å². The van der Waals surface area contributed by atoms with Crippen LogP contribution in [0.1, 0.15) is 28.3 Å². The number of nitrogens with zero attached hydrogens (tertiary/aromatic N) is 2. The smallest absolute Gasteiger partial charge is 0.220 e. The Bertz CT molecular complexity index is 1100. The van der Waals surface area contributed by atoms with Gasteiger partial charge in [-0.1, -0.05) is 35.9 Å². The van der Waals surface area contributed by atoms with Crippen LogP contribution in [0.4, 0.5) is 5.95 Å². The maximum Gasteiger partial charge on any atom is 0.220 e. The molecule has 0 saturated carbocycles. The second-order valence-electron chi connectivity index (χ2n) is 6.50. The van der Waals surface area contributed by atoms with E-state index in [-0.39, 0.29) is 6.04 Å². The second kappa shape index (κ2) is 6.52. The van der Waals surface area contributed by atoms with E-state index in [0.29, 0.717) is 5.95 Å². The highest BCUT2D eigenvalue weighted by Gasteiger charge is 2.15. The third kappa shape index (κ3) is 2.96. The first-order chi connectivity index (χ1) is 12.5. The van der Waals surface area contributed by atoms with E-state index < -0.39 is 0 Å². The highest BCUT2D eigenvalue weighted by atomic mass is 32.1. The van der Waals surface area contributed by atoms with Gasteiger partial charge in [-0.2, -0.15) is 0 Å². The van der Waals surface area contributed by atoms with Gasteiger partial charge in [0.05, 0.1) is 16.6 Å². The second-order valence-corrected chi connectivity index (χ2v) is 7.56. The molecular formula is C21H20N4S. The normalized spacial score (nSPS) is 12.4. The predicted molar refractivity (Wildman–Crippen MR) is 109 cm³/mol. The fraction of sp³-hybridized carbons (Fsp3) is 0.143. The van der Waals surface area contributed by atoms with E-state index in [1.54, 1.807) is 17.5 Å². The minimum atomic E-state index is -0.142. The molecule has 26 heavy (non-hydrogen) atoms. The molecule has 4 nitrogen and oxygen atoms in total. The predicted octanol–water partition coefficient (Wildman–Crippen LogP) is 4.61. The van der Waals surface area contributed by atoms with Gasteiger partial charge in [0, 0.05) is 10.9 Å². The van der Waals surface area contributed by atoms with Crippen molar-refractivity contribution in [3.05, 3.63) is 77.0 Å². The Morgan fingerprint density at radius 2 is 1.81 bits per heavy atom. The quantitative estimate of drug-likeness (QED) is 0.559. The van der Waals surface area contributed by atoms with E-state index in [2.05, 4.69) is 66.3 Å².